The molecule has 3 aromatic rings. The molecular formula is C17H11Br2FN6O3. The fraction of sp³-hybridized carbons (Fsp3) is 0. The second-order valence-electron chi connectivity index (χ2n) is 5.48. The van der Waals surface area contributed by atoms with Crippen molar-refractivity contribution in [1.29, 1.82) is 0 Å². The molecule has 0 saturated heterocycles. The van der Waals surface area contributed by atoms with E-state index < -0.39 is 22.3 Å². The molecule has 1 amide bonds. The van der Waals surface area contributed by atoms with Gasteiger partial charge in [-0.1, -0.05) is 28.1 Å². The number of hydrazine groups is 1. The number of nitrogens with zero attached hydrogens (tertiary/aromatic N) is 3. The number of anilines is 3. The van der Waals surface area contributed by atoms with Gasteiger partial charge in [0.1, 0.15) is 12.1 Å². The summed E-state index contributed by atoms with van der Waals surface area (Å²) in [6, 6.07) is 10.8. The molecule has 0 atom stereocenters. The van der Waals surface area contributed by atoms with Gasteiger partial charge in [0.2, 0.25) is 11.6 Å². The number of nitro groups is 1. The average Bonchev–Trinajstić information content (AvgIpc) is 2.68. The van der Waals surface area contributed by atoms with E-state index in [1.165, 1.54) is 12.1 Å². The van der Waals surface area contributed by atoms with Gasteiger partial charge in [-0.05, 0) is 46.3 Å². The van der Waals surface area contributed by atoms with E-state index in [9.17, 15) is 19.3 Å². The Morgan fingerprint density at radius 1 is 1.10 bits per heavy atom. The number of halogens is 3. The maximum Gasteiger partial charge on any atom is 0.355 e. The van der Waals surface area contributed by atoms with Crippen LogP contribution in [0, 0.1) is 15.9 Å². The van der Waals surface area contributed by atoms with Crippen molar-refractivity contribution in [1.82, 2.24) is 15.4 Å². The minimum Gasteiger partial charge on any atom is -0.332 e. The topological polar surface area (TPSA) is 122 Å². The molecule has 0 radical (unpaired) electrons. The van der Waals surface area contributed by atoms with Crippen LogP contribution < -0.4 is 16.2 Å². The van der Waals surface area contributed by atoms with E-state index in [4.69, 9.17) is 0 Å². The molecule has 12 heteroatoms. The zero-order chi connectivity index (χ0) is 21.0. The molecule has 2 aromatic carbocycles. The van der Waals surface area contributed by atoms with Gasteiger partial charge >= 0.3 is 5.69 Å². The molecule has 1 heterocycles. The number of hydrogen-bond acceptors (Lipinski definition) is 7. The third-order valence-electron chi connectivity index (χ3n) is 3.60. The highest BCUT2D eigenvalue weighted by Crippen LogP contribution is 2.32. The van der Waals surface area contributed by atoms with E-state index in [0.29, 0.717) is 14.5 Å². The minimum atomic E-state index is -0.744. The van der Waals surface area contributed by atoms with Gasteiger partial charge in [-0.15, -0.1) is 0 Å². The van der Waals surface area contributed by atoms with E-state index in [1.54, 1.807) is 30.3 Å². The van der Waals surface area contributed by atoms with E-state index in [2.05, 4.69) is 58.0 Å². The Balaban J connectivity index is 1.86. The van der Waals surface area contributed by atoms with Crippen LogP contribution >= 0.6 is 31.9 Å². The zero-order valence-corrected chi connectivity index (χ0v) is 17.5. The molecule has 0 fully saturated rings. The summed E-state index contributed by atoms with van der Waals surface area (Å²) in [5, 5.41) is 14.1. The normalized spacial score (nSPS) is 10.3. The highest BCUT2D eigenvalue weighted by atomic mass is 79.9. The Morgan fingerprint density at radius 3 is 2.52 bits per heavy atom. The van der Waals surface area contributed by atoms with Crippen molar-refractivity contribution in [2.24, 2.45) is 0 Å². The van der Waals surface area contributed by atoms with Crippen molar-refractivity contribution in [2.75, 3.05) is 10.7 Å². The number of carbonyl (C=O) groups is 1. The summed E-state index contributed by atoms with van der Waals surface area (Å²) >= 11 is 6.38. The molecule has 0 aliphatic rings. The molecule has 9 nitrogen and oxygen atoms in total. The van der Waals surface area contributed by atoms with Gasteiger partial charge in [-0.2, -0.15) is 0 Å². The quantitative estimate of drug-likeness (QED) is 0.318. The molecule has 0 unspecified atom stereocenters. The van der Waals surface area contributed by atoms with Crippen LogP contribution in [0.4, 0.5) is 27.4 Å². The van der Waals surface area contributed by atoms with Gasteiger partial charge in [0.25, 0.3) is 5.91 Å². The molecule has 0 aliphatic carbocycles. The standard InChI is InChI=1S/C17H11Br2FN6O3/c18-9-5-6-13(12(20)7-9)23-15-14(26(28)29)16(22-8-21-15)24-25-17(27)10-3-1-2-4-11(10)19/h1-8H,(H,25,27)(H2,21,22,23,24). The summed E-state index contributed by atoms with van der Waals surface area (Å²) in [6.07, 6.45) is 1.04. The maximum absolute atomic E-state index is 14.1. The van der Waals surface area contributed by atoms with Crippen LogP contribution in [0.5, 0.6) is 0 Å². The molecule has 0 saturated carbocycles. The SMILES string of the molecule is O=C(NNc1ncnc(Nc2ccc(Br)cc2F)c1[N+](=O)[O-])c1ccccc1Br. The minimum absolute atomic E-state index is 0.0156. The summed E-state index contributed by atoms with van der Waals surface area (Å²) in [4.78, 5) is 30.7. The lowest BCUT2D eigenvalue weighted by atomic mass is 10.2. The van der Waals surface area contributed by atoms with Gasteiger partial charge in [0.15, 0.2) is 0 Å². The van der Waals surface area contributed by atoms with Crippen LogP contribution in [0.2, 0.25) is 0 Å². The molecule has 148 valence electrons. The summed E-state index contributed by atoms with van der Waals surface area (Å²) in [6.45, 7) is 0. The molecule has 0 aliphatic heterocycles. The summed E-state index contributed by atoms with van der Waals surface area (Å²) in [7, 11) is 0. The first-order valence-electron chi connectivity index (χ1n) is 7.89. The highest BCUT2D eigenvalue weighted by molar-refractivity contribution is 9.10. The summed E-state index contributed by atoms with van der Waals surface area (Å²) in [5.41, 5.74) is 4.48. The van der Waals surface area contributed by atoms with E-state index in [1.807, 2.05) is 0 Å². The van der Waals surface area contributed by atoms with Gasteiger partial charge in [0.05, 0.1) is 16.2 Å². The lowest BCUT2D eigenvalue weighted by Crippen LogP contribution is -2.30. The average molecular weight is 526 g/mol. The Morgan fingerprint density at radius 2 is 1.83 bits per heavy atom. The number of benzene rings is 2. The Kier molecular flexibility index (Phi) is 6.34. The van der Waals surface area contributed by atoms with Crippen molar-refractivity contribution >= 4 is 60.8 Å². The second-order valence-corrected chi connectivity index (χ2v) is 7.25. The molecular weight excluding hydrogens is 515 g/mol. The van der Waals surface area contributed by atoms with E-state index in [0.717, 1.165) is 6.33 Å². The number of amides is 1. The largest absolute Gasteiger partial charge is 0.355 e. The fourth-order valence-electron chi connectivity index (χ4n) is 2.28. The fourth-order valence-corrected chi connectivity index (χ4v) is 3.08. The molecule has 0 bridgehead atoms. The van der Waals surface area contributed by atoms with Crippen LogP contribution in [-0.2, 0) is 0 Å². The van der Waals surface area contributed by atoms with Crippen molar-refractivity contribution in [3.05, 3.63) is 79.2 Å². The van der Waals surface area contributed by atoms with Gasteiger partial charge < -0.3 is 5.32 Å². The number of aromatic nitrogens is 2. The summed E-state index contributed by atoms with van der Waals surface area (Å²) in [5.74, 6) is -1.70. The smallest absolute Gasteiger partial charge is 0.332 e. The number of rotatable bonds is 6. The predicted octanol–water partition coefficient (Wildman–Crippen LogP) is 4.55. The molecule has 0 spiro atoms. The lowest BCUT2D eigenvalue weighted by Gasteiger charge is -2.12. The van der Waals surface area contributed by atoms with Crippen molar-refractivity contribution in [2.45, 2.75) is 0 Å². The first-order valence-corrected chi connectivity index (χ1v) is 9.47. The monoisotopic (exact) mass is 524 g/mol. The van der Waals surface area contributed by atoms with E-state index in [-0.39, 0.29) is 17.3 Å². The maximum atomic E-state index is 14.1. The third kappa shape index (κ3) is 4.84. The van der Waals surface area contributed by atoms with Crippen LogP contribution in [0.25, 0.3) is 0 Å². The van der Waals surface area contributed by atoms with Gasteiger partial charge in [-0.3, -0.25) is 25.8 Å². The molecule has 1 aromatic heterocycles. The Hall–Kier alpha value is -3.12. The summed E-state index contributed by atoms with van der Waals surface area (Å²) < 4.78 is 15.1. The highest BCUT2D eigenvalue weighted by Gasteiger charge is 2.24. The van der Waals surface area contributed by atoms with Gasteiger partial charge in [-0.25, -0.2) is 14.4 Å². The van der Waals surface area contributed by atoms with Crippen molar-refractivity contribution in [3.63, 3.8) is 0 Å². The Bertz CT molecular complexity index is 1100. The Labute approximate surface area is 180 Å². The van der Waals surface area contributed by atoms with Gasteiger partial charge in [0, 0.05) is 8.95 Å². The van der Waals surface area contributed by atoms with Crippen LogP contribution in [0.1, 0.15) is 10.4 Å². The van der Waals surface area contributed by atoms with Crippen molar-refractivity contribution < 1.29 is 14.1 Å². The molecule has 3 rings (SSSR count). The lowest BCUT2D eigenvalue weighted by molar-refractivity contribution is -0.383. The number of nitrogens with one attached hydrogen (secondary N) is 3. The predicted molar refractivity (Wildman–Crippen MR) is 111 cm³/mol. The number of carbonyl (C=O) groups excluding carboxylic acids is 1. The first-order chi connectivity index (χ1) is 13.9. The number of hydrogen-bond donors (Lipinski definition) is 3. The molecule has 29 heavy (non-hydrogen) atoms. The first kappa shape index (κ1) is 20.6. The van der Waals surface area contributed by atoms with Crippen molar-refractivity contribution in [3.8, 4) is 0 Å². The van der Waals surface area contributed by atoms with Crippen LogP contribution in [-0.4, -0.2) is 20.8 Å². The van der Waals surface area contributed by atoms with Crippen LogP contribution in [0.3, 0.4) is 0 Å². The van der Waals surface area contributed by atoms with E-state index >= 15 is 0 Å². The van der Waals surface area contributed by atoms with Crippen LogP contribution in [0.15, 0.2) is 57.7 Å². The third-order valence-corrected chi connectivity index (χ3v) is 4.79. The zero-order valence-electron chi connectivity index (χ0n) is 14.3. The molecule has 3 N–H and O–H groups in total. The second kappa shape index (κ2) is 8.92.